The van der Waals surface area contributed by atoms with E-state index in [9.17, 15) is 20.1 Å². The summed E-state index contributed by atoms with van der Waals surface area (Å²) in [5.74, 6) is 1.41. The van der Waals surface area contributed by atoms with E-state index in [1.807, 2.05) is 26.8 Å². The fraction of sp³-hybridized carbons (Fsp3) is 0.853. The number of ether oxygens (including phenoxy) is 4. The van der Waals surface area contributed by atoms with Crippen LogP contribution in [0.2, 0.25) is 0 Å². The fourth-order valence-corrected chi connectivity index (χ4v) is 10.1. The first-order valence-corrected chi connectivity index (χ1v) is 16.4. The van der Waals surface area contributed by atoms with Gasteiger partial charge in [0.2, 0.25) is 12.1 Å². The van der Waals surface area contributed by atoms with Gasteiger partial charge in [0.1, 0.15) is 6.10 Å². The molecule has 0 spiro atoms. The maximum absolute atomic E-state index is 12.7. The third kappa shape index (κ3) is 4.88. The minimum absolute atomic E-state index is 0.0132. The monoisotopic (exact) mass is 588 g/mol. The van der Waals surface area contributed by atoms with Gasteiger partial charge in [0.15, 0.2) is 6.29 Å². The van der Waals surface area contributed by atoms with Gasteiger partial charge in [-0.25, -0.2) is 0 Å². The Morgan fingerprint density at radius 2 is 1.79 bits per heavy atom. The Morgan fingerprint density at radius 3 is 2.52 bits per heavy atom. The van der Waals surface area contributed by atoms with E-state index in [4.69, 9.17) is 18.9 Å². The molecular formula is C34H52O8. The van der Waals surface area contributed by atoms with Crippen molar-refractivity contribution in [3.8, 4) is 0 Å². The minimum Gasteiger partial charge on any atom is -0.390 e. The van der Waals surface area contributed by atoms with Crippen LogP contribution in [0.5, 0.6) is 0 Å². The maximum Gasteiger partial charge on any atom is 0.223 e. The predicted octanol–water partition coefficient (Wildman–Crippen LogP) is 4.59. The molecule has 42 heavy (non-hydrogen) atoms. The van der Waals surface area contributed by atoms with E-state index in [1.54, 1.807) is 6.92 Å². The van der Waals surface area contributed by atoms with Gasteiger partial charge in [-0.1, -0.05) is 25.5 Å². The van der Waals surface area contributed by atoms with Crippen LogP contribution in [0, 0.1) is 28.6 Å². The molecule has 2 aliphatic heterocycles. The average Bonchev–Trinajstić information content (AvgIpc) is 3.21. The maximum atomic E-state index is 12.7. The molecule has 4 fully saturated rings. The minimum atomic E-state index is -0.983. The molecule has 6 aliphatic rings. The number of carbonyl (C=O) groups excluding carboxylic acids is 1. The van der Waals surface area contributed by atoms with Gasteiger partial charge in [-0.2, -0.15) is 0 Å². The predicted molar refractivity (Wildman–Crippen MR) is 156 cm³/mol. The first-order chi connectivity index (χ1) is 19.8. The topological polar surface area (TPSA) is 115 Å². The SMILES string of the molecule is CC1=CC(C)OC(OC2CCC3(C)C(=CCC4C3CCC3(C)C4CCC3(O)C(C)OC3CC(O)C(O)C(C)O3)C2)C1=O. The van der Waals surface area contributed by atoms with Crippen LogP contribution >= 0.6 is 0 Å². The van der Waals surface area contributed by atoms with Crippen molar-refractivity contribution >= 4 is 5.78 Å². The zero-order valence-corrected chi connectivity index (χ0v) is 26.3. The molecule has 0 bridgehead atoms. The zero-order valence-electron chi connectivity index (χ0n) is 26.3. The molecule has 8 heteroatoms. The lowest BCUT2D eigenvalue weighted by atomic mass is 9.46. The molecule has 236 valence electrons. The lowest BCUT2D eigenvalue weighted by Gasteiger charge is -2.59. The van der Waals surface area contributed by atoms with Gasteiger partial charge in [0.05, 0.1) is 36.1 Å². The summed E-state index contributed by atoms with van der Waals surface area (Å²) in [5.41, 5.74) is 1.05. The molecule has 1 saturated heterocycles. The highest BCUT2D eigenvalue weighted by Gasteiger charge is 2.65. The highest BCUT2D eigenvalue weighted by atomic mass is 16.7. The summed E-state index contributed by atoms with van der Waals surface area (Å²) in [4.78, 5) is 12.7. The second kappa shape index (κ2) is 11.0. The van der Waals surface area contributed by atoms with E-state index in [1.165, 1.54) is 5.57 Å². The van der Waals surface area contributed by atoms with Crippen molar-refractivity contribution in [2.45, 2.75) is 154 Å². The zero-order chi connectivity index (χ0) is 30.2. The van der Waals surface area contributed by atoms with E-state index in [0.29, 0.717) is 24.2 Å². The summed E-state index contributed by atoms with van der Waals surface area (Å²) in [5, 5.41) is 32.6. The van der Waals surface area contributed by atoms with Crippen LogP contribution in [-0.2, 0) is 23.7 Å². The van der Waals surface area contributed by atoms with Crippen molar-refractivity contribution in [2.75, 3.05) is 0 Å². The molecular weight excluding hydrogens is 536 g/mol. The van der Waals surface area contributed by atoms with Crippen molar-refractivity contribution in [3.05, 3.63) is 23.3 Å². The van der Waals surface area contributed by atoms with Gasteiger partial charge in [-0.3, -0.25) is 4.79 Å². The van der Waals surface area contributed by atoms with Crippen LogP contribution < -0.4 is 0 Å². The number of aliphatic hydroxyl groups is 3. The van der Waals surface area contributed by atoms with E-state index < -0.39 is 42.6 Å². The second-order valence-corrected chi connectivity index (χ2v) is 14.9. The van der Waals surface area contributed by atoms with Crippen molar-refractivity contribution in [1.29, 1.82) is 0 Å². The Bertz CT molecular complexity index is 1110. The molecule has 14 atom stereocenters. The lowest BCUT2D eigenvalue weighted by Crippen LogP contribution is -2.59. The Morgan fingerprint density at radius 1 is 1.05 bits per heavy atom. The molecule has 0 aromatic carbocycles. The number of allylic oxidation sites excluding steroid dienone is 1. The summed E-state index contributed by atoms with van der Waals surface area (Å²) < 4.78 is 24.3. The van der Waals surface area contributed by atoms with Crippen molar-refractivity contribution in [1.82, 2.24) is 0 Å². The molecule has 0 amide bonds. The number of Topliss-reactive ketones (excluding diaryl/α,β-unsaturated/α-hetero) is 1. The molecule has 3 N–H and O–H groups in total. The number of aliphatic hydroxyl groups excluding tert-OH is 2. The smallest absolute Gasteiger partial charge is 0.223 e. The molecule has 6 rings (SSSR count). The van der Waals surface area contributed by atoms with Crippen molar-refractivity contribution in [3.63, 3.8) is 0 Å². The Labute approximate surface area is 250 Å². The first kappa shape index (κ1) is 30.9. The summed E-state index contributed by atoms with van der Waals surface area (Å²) in [6, 6.07) is 0. The molecule has 14 unspecified atom stereocenters. The van der Waals surface area contributed by atoms with Crippen LogP contribution in [0.25, 0.3) is 0 Å². The number of hydrogen-bond donors (Lipinski definition) is 3. The average molecular weight is 589 g/mol. The highest BCUT2D eigenvalue weighted by Crippen LogP contribution is 2.68. The fourth-order valence-electron chi connectivity index (χ4n) is 10.1. The molecule has 3 saturated carbocycles. The molecule has 2 heterocycles. The second-order valence-electron chi connectivity index (χ2n) is 14.9. The Balaban J connectivity index is 1.14. The first-order valence-electron chi connectivity index (χ1n) is 16.4. The standard InChI is InChI=1S/C34H52O8/c1-18-15-19(2)39-31(29(18)36)42-23-9-12-32(5)22(16-23)7-8-24-25(32)10-13-33(6)26(24)11-14-34(33,38)21(4)41-28-17-27(35)30(37)20(3)40-28/h7,15,19-21,23-28,30-31,35,37-38H,8-14,16-17H2,1-6H3. The third-order valence-electron chi connectivity index (χ3n) is 12.7. The number of ketones is 1. The molecule has 8 nitrogen and oxygen atoms in total. The Kier molecular flexibility index (Phi) is 8.12. The van der Waals surface area contributed by atoms with Gasteiger partial charge in [0.25, 0.3) is 0 Å². The molecule has 4 aliphatic carbocycles. The van der Waals surface area contributed by atoms with E-state index in [-0.39, 0.29) is 35.2 Å². The van der Waals surface area contributed by atoms with Crippen LogP contribution in [-0.4, -0.2) is 75.9 Å². The normalized spacial score (nSPS) is 51.6. The van der Waals surface area contributed by atoms with Crippen LogP contribution in [0.15, 0.2) is 23.3 Å². The van der Waals surface area contributed by atoms with Crippen molar-refractivity contribution < 1.29 is 39.1 Å². The van der Waals surface area contributed by atoms with Crippen LogP contribution in [0.1, 0.15) is 99.3 Å². The number of carbonyl (C=O) groups is 1. The molecule has 0 aromatic rings. The molecule has 0 radical (unpaired) electrons. The van der Waals surface area contributed by atoms with E-state index in [2.05, 4.69) is 19.9 Å². The number of rotatable bonds is 5. The summed E-state index contributed by atoms with van der Waals surface area (Å²) in [7, 11) is 0. The highest BCUT2D eigenvalue weighted by molar-refractivity contribution is 5.98. The van der Waals surface area contributed by atoms with Crippen LogP contribution in [0.3, 0.4) is 0 Å². The summed E-state index contributed by atoms with van der Waals surface area (Å²) >= 11 is 0. The van der Waals surface area contributed by atoms with Crippen LogP contribution in [0.4, 0.5) is 0 Å². The van der Waals surface area contributed by atoms with Gasteiger partial charge in [-0.05, 0) is 114 Å². The lowest BCUT2D eigenvalue weighted by molar-refractivity contribution is -0.288. The van der Waals surface area contributed by atoms with Gasteiger partial charge >= 0.3 is 0 Å². The van der Waals surface area contributed by atoms with Crippen molar-refractivity contribution in [2.24, 2.45) is 28.6 Å². The quantitative estimate of drug-likeness (QED) is 0.400. The Hall–Kier alpha value is -1.13. The summed E-state index contributed by atoms with van der Waals surface area (Å²) in [6.45, 7) is 12.2. The van der Waals surface area contributed by atoms with Gasteiger partial charge < -0.3 is 34.3 Å². The number of fused-ring (bicyclic) bond motifs is 5. The van der Waals surface area contributed by atoms with E-state index in [0.717, 1.165) is 50.5 Å². The number of hydrogen-bond acceptors (Lipinski definition) is 8. The van der Waals surface area contributed by atoms with E-state index >= 15 is 0 Å². The van der Waals surface area contributed by atoms with Gasteiger partial charge in [0, 0.05) is 11.8 Å². The van der Waals surface area contributed by atoms with Gasteiger partial charge in [-0.15, -0.1) is 0 Å². The third-order valence-corrected chi connectivity index (χ3v) is 12.7. The summed E-state index contributed by atoms with van der Waals surface area (Å²) in [6.07, 6.45) is 7.63. The largest absolute Gasteiger partial charge is 0.390 e. The molecule has 0 aromatic heterocycles.